The second-order valence-corrected chi connectivity index (χ2v) is 17.2. The summed E-state index contributed by atoms with van der Waals surface area (Å²) in [4.78, 5) is 2.37. The van der Waals surface area contributed by atoms with Gasteiger partial charge in [-0.05, 0) is 103 Å². The minimum absolute atomic E-state index is 0.150. The van der Waals surface area contributed by atoms with Crippen LogP contribution < -0.4 is 14.4 Å². The van der Waals surface area contributed by atoms with E-state index in [0.717, 1.165) is 39.5 Å². The highest BCUT2D eigenvalue weighted by atomic mass is 16.6. The third-order valence-corrected chi connectivity index (χ3v) is 13.8. The SMILES string of the molecule is CC1(C)c2ccccc2-c2ccc(N(c3ccc4c(c3)Oc3ccc5c(c3O4)-c3ccccc3C53c4ccccc4-c4ccccc43)c3ccccc3-c3ccccc3)cc21. The van der Waals surface area contributed by atoms with Gasteiger partial charge in [-0.2, -0.15) is 0 Å². The van der Waals surface area contributed by atoms with Crippen molar-refractivity contribution < 1.29 is 9.47 Å². The predicted octanol–water partition coefficient (Wildman–Crippen LogP) is 15.4. The van der Waals surface area contributed by atoms with E-state index in [0.29, 0.717) is 17.2 Å². The smallest absolute Gasteiger partial charge is 0.178 e. The van der Waals surface area contributed by atoms with Crippen LogP contribution in [-0.4, -0.2) is 0 Å². The summed E-state index contributed by atoms with van der Waals surface area (Å²) >= 11 is 0. The van der Waals surface area contributed by atoms with Crippen molar-refractivity contribution in [2.75, 3.05) is 4.90 Å². The maximum absolute atomic E-state index is 7.08. The molecular formula is C58H39NO2. The molecule has 0 radical (unpaired) electrons. The van der Waals surface area contributed by atoms with Crippen molar-refractivity contribution in [3.8, 4) is 67.5 Å². The van der Waals surface area contributed by atoms with Crippen molar-refractivity contribution in [2.24, 2.45) is 0 Å². The highest BCUT2D eigenvalue weighted by Gasteiger charge is 2.53. The molecule has 0 atom stereocenters. The Morgan fingerprint density at radius 1 is 0.361 bits per heavy atom. The molecule has 0 unspecified atom stereocenters. The number of rotatable bonds is 4. The summed E-state index contributed by atoms with van der Waals surface area (Å²) in [5.41, 5.74) is 20.0. The number of anilines is 3. The van der Waals surface area contributed by atoms with E-state index in [1.807, 2.05) is 0 Å². The molecule has 0 N–H and O–H groups in total. The molecule has 13 rings (SSSR count). The van der Waals surface area contributed by atoms with E-state index in [1.165, 1.54) is 61.2 Å². The Kier molecular flexibility index (Phi) is 6.99. The summed E-state index contributed by atoms with van der Waals surface area (Å²) in [5.74, 6) is 2.84. The van der Waals surface area contributed by atoms with Gasteiger partial charge in [-0.1, -0.05) is 172 Å². The average Bonchev–Trinajstić information content (AvgIpc) is 3.87. The van der Waals surface area contributed by atoms with E-state index in [4.69, 9.17) is 9.47 Å². The van der Waals surface area contributed by atoms with E-state index in [1.54, 1.807) is 0 Å². The second kappa shape index (κ2) is 12.5. The molecule has 0 fully saturated rings. The topological polar surface area (TPSA) is 21.7 Å². The highest BCUT2D eigenvalue weighted by molar-refractivity contribution is 5.98. The van der Waals surface area contributed by atoms with Gasteiger partial charge in [-0.25, -0.2) is 0 Å². The number of ether oxygens (including phenoxy) is 2. The minimum atomic E-state index is -0.458. The van der Waals surface area contributed by atoms with E-state index >= 15 is 0 Å². The number of fused-ring (bicyclic) bond motifs is 16. The van der Waals surface area contributed by atoms with E-state index < -0.39 is 5.41 Å². The fraction of sp³-hybridized carbons (Fsp3) is 0.0690. The summed E-state index contributed by atoms with van der Waals surface area (Å²) in [7, 11) is 0. The molecule has 0 aromatic heterocycles. The Labute approximate surface area is 355 Å². The van der Waals surface area contributed by atoms with Gasteiger partial charge in [0.1, 0.15) is 0 Å². The number of nitrogens with zero attached hydrogens (tertiary/aromatic N) is 1. The summed E-state index contributed by atoms with van der Waals surface area (Å²) in [6, 6.07) is 72.5. The molecule has 4 aliphatic rings. The molecule has 1 aliphatic heterocycles. The standard InChI is InChI=1S/C58H39NO2/c1-57(2)45-23-11-6-19-40(45)43-30-28-37(34-50(43)57)59(51-27-15-10-18-39(51)36-16-4-3-5-17-36)38-29-32-52-54(35-38)60-53-33-31-49-55(56(53)61-52)44-22-9-14-26-48(44)58(49)46-24-12-7-20-41(46)42-21-8-13-25-47(42)58/h3-35H,1-2H3. The zero-order valence-electron chi connectivity index (χ0n) is 33.8. The van der Waals surface area contributed by atoms with Crippen molar-refractivity contribution >= 4 is 17.1 Å². The average molecular weight is 782 g/mol. The van der Waals surface area contributed by atoms with Gasteiger partial charge in [-0.15, -0.1) is 0 Å². The van der Waals surface area contributed by atoms with Gasteiger partial charge in [0.25, 0.3) is 0 Å². The molecule has 1 heterocycles. The lowest BCUT2D eigenvalue weighted by Crippen LogP contribution is -2.25. The summed E-state index contributed by atoms with van der Waals surface area (Å²) in [6.45, 7) is 4.68. The normalized spacial score (nSPS) is 14.6. The summed E-state index contributed by atoms with van der Waals surface area (Å²) < 4.78 is 14.1. The van der Waals surface area contributed by atoms with Gasteiger partial charge in [0.2, 0.25) is 0 Å². The molecule has 61 heavy (non-hydrogen) atoms. The third-order valence-electron chi connectivity index (χ3n) is 13.8. The molecule has 3 heteroatoms. The molecular weight excluding hydrogens is 743 g/mol. The van der Waals surface area contributed by atoms with Crippen molar-refractivity contribution in [1.82, 2.24) is 0 Å². The van der Waals surface area contributed by atoms with Crippen LogP contribution in [0.2, 0.25) is 0 Å². The fourth-order valence-electron chi connectivity index (χ4n) is 11.1. The Morgan fingerprint density at radius 2 is 0.885 bits per heavy atom. The summed E-state index contributed by atoms with van der Waals surface area (Å²) in [5, 5.41) is 0. The molecule has 0 amide bonds. The van der Waals surface area contributed by atoms with E-state index in [-0.39, 0.29) is 5.41 Å². The molecule has 3 aliphatic carbocycles. The highest BCUT2D eigenvalue weighted by Crippen LogP contribution is 2.66. The molecule has 9 aromatic rings. The van der Waals surface area contributed by atoms with Crippen LogP contribution in [0, 0.1) is 0 Å². The van der Waals surface area contributed by atoms with Gasteiger partial charge in [0.05, 0.1) is 16.8 Å². The molecule has 0 saturated carbocycles. The van der Waals surface area contributed by atoms with Crippen LogP contribution in [-0.2, 0) is 10.8 Å². The third kappa shape index (κ3) is 4.58. The fourth-order valence-corrected chi connectivity index (χ4v) is 11.1. The van der Waals surface area contributed by atoms with Crippen LogP contribution in [0.15, 0.2) is 200 Å². The largest absolute Gasteiger partial charge is 0.449 e. The number of hydrogen-bond acceptors (Lipinski definition) is 3. The Hall–Kier alpha value is -7.62. The first-order valence-corrected chi connectivity index (χ1v) is 21.2. The zero-order chi connectivity index (χ0) is 40.5. The van der Waals surface area contributed by atoms with Gasteiger partial charge in [-0.3, -0.25) is 0 Å². The summed E-state index contributed by atoms with van der Waals surface area (Å²) in [6.07, 6.45) is 0. The number of para-hydroxylation sites is 1. The number of benzene rings is 9. The van der Waals surface area contributed by atoms with Crippen molar-refractivity contribution in [1.29, 1.82) is 0 Å². The Morgan fingerprint density at radius 3 is 1.61 bits per heavy atom. The van der Waals surface area contributed by atoms with Gasteiger partial charge >= 0.3 is 0 Å². The van der Waals surface area contributed by atoms with Crippen LogP contribution in [0.4, 0.5) is 17.1 Å². The molecule has 9 aromatic carbocycles. The van der Waals surface area contributed by atoms with Crippen LogP contribution in [0.1, 0.15) is 47.2 Å². The lowest BCUT2D eigenvalue weighted by Gasteiger charge is -2.32. The van der Waals surface area contributed by atoms with E-state index in [9.17, 15) is 0 Å². The number of hydrogen-bond donors (Lipinski definition) is 0. The van der Waals surface area contributed by atoms with Crippen LogP contribution in [0.3, 0.4) is 0 Å². The maximum Gasteiger partial charge on any atom is 0.178 e. The zero-order valence-corrected chi connectivity index (χ0v) is 33.8. The predicted molar refractivity (Wildman–Crippen MR) is 247 cm³/mol. The Balaban J connectivity index is 0.966. The monoisotopic (exact) mass is 781 g/mol. The quantitative estimate of drug-likeness (QED) is 0.177. The molecule has 0 saturated heterocycles. The van der Waals surface area contributed by atoms with Gasteiger partial charge in [0.15, 0.2) is 23.0 Å². The van der Waals surface area contributed by atoms with Crippen molar-refractivity contribution in [2.45, 2.75) is 24.7 Å². The van der Waals surface area contributed by atoms with Crippen molar-refractivity contribution in [3.05, 3.63) is 234 Å². The van der Waals surface area contributed by atoms with Crippen LogP contribution >= 0.6 is 0 Å². The molecule has 1 spiro atoms. The molecule has 0 bridgehead atoms. The van der Waals surface area contributed by atoms with E-state index in [2.05, 4.69) is 219 Å². The maximum atomic E-state index is 7.08. The lowest BCUT2D eigenvalue weighted by molar-refractivity contribution is 0.360. The Bertz CT molecular complexity index is 3260. The van der Waals surface area contributed by atoms with Gasteiger partial charge < -0.3 is 14.4 Å². The molecule has 3 nitrogen and oxygen atoms in total. The first-order chi connectivity index (χ1) is 30.0. The second-order valence-electron chi connectivity index (χ2n) is 17.2. The van der Waals surface area contributed by atoms with Crippen LogP contribution in [0.5, 0.6) is 23.0 Å². The first kappa shape index (κ1) is 34.3. The lowest BCUT2D eigenvalue weighted by atomic mass is 9.70. The van der Waals surface area contributed by atoms with Crippen molar-refractivity contribution in [3.63, 3.8) is 0 Å². The minimum Gasteiger partial charge on any atom is -0.449 e. The first-order valence-electron chi connectivity index (χ1n) is 21.2. The van der Waals surface area contributed by atoms with Crippen LogP contribution in [0.25, 0.3) is 44.5 Å². The van der Waals surface area contributed by atoms with Gasteiger partial charge in [0, 0.05) is 28.3 Å². The molecule has 288 valence electrons.